The van der Waals surface area contributed by atoms with Crippen molar-refractivity contribution in [1.82, 2.24) is 4.98 Å². The van der Waals surface area contributed by atoms with E-state index in [-0.39, 0.29) is 11.7 Å². The molecule has 0 unspecified atom stereocenters. The van der Waals surface area contributed by atoms with Crippen molar-refractivity contribution in [3.8, 4) is 11.5 Å². The number of nitrogens with zero attached hydrogens (tertiary/aromatic N) is 1. The maximum Gasteiger partial charge on any atom is 0.141 e. The van der Waals surface area contributed by atoms with Crippen molar-refractivity contribution in [2.24, 2.45) is 0 Å². The second kappa shape index (κ2) is 3.43. The molecular formula is C9H13NO2. The highest BCUT2D eigenvalue weighted by Crippen LogP contribution is 2.26. The average molecular weight is 167 g/mol. The zero-order chi connectivity index (χ0) is 9.14. The van der Waals surface area contributed by atoms with Gasteiger partial charge >= 0.3 is 0 Å². The van der Waals surface area contributed by atoms with Crippen LogP contribution in [0.1, 0.15) is 25.5 Å². The van der Waals surface area contributed by atoms with Crippen LogP contribution < -0.4 is 4.74 Å². The third kappa shape index (κ3) is 1.67. The second-order valence-electron chi connectivity index (χ2n) is 2.93. The minimum absolute atomic E-state index is 0.198. The van der Waals surface area contributed by atoms with E-state index in [9.17, 15) is 5.11 Å². The number of aromatic nitrogens is 1. The molecule has 0 spiro atoms. The predicted octanol–water partition coefficient (Wildman–Crippen LogP) is 1.92. The highest BCUT2D eigenvalue weighted by Gasteiger charge is 2.07. The molecule has 3 heteroatoms. The normalized spacial score (nSPS) is 10.3. The lowest BCUT2D eigenvalue weighted by atomic mass is 10.1. The van der Waals surface area contributed by atoms with E-state index in [1.807, 2.05) is 13.8 Å². The van der Waals surface area contributed by atoms with E-state index in [1.54, 1.807) is 19.4 Å². The lowest BCUT2D eigenvalue weighted by molar-refractivity contribution is 0.401. The molecule has 0 atom stereocenters. The third-order valence-corrected chi connectivity index (χ3v) is 1.65. The standard InChI is InChI=1S/C9H13NO2/c1-6(2)9-8(11)4-7(12-3)5-10-9/h4-6,11H,1-3H3. The Morgan fingerprint density at radius 1 is 1.50 bits per heavy atom. The van der Waals surface area contributed by atoms with Gasteiger partial charge in [-0.05, 0) is 5.92 Å². The van der Waals surface area contributed by atoms with Crippen molar-refractivity contribution in [2.75, 3.05) is 7.11 Å². The summed E-state index contributed by atoms with van der Waals surface area (Å²) in [5.41, 5.74) is 0.704. The maximum absolute atomic E-state index is 9.45. The van der Waals surface area contributed by atoms with Crippen molar-refractivity contribution < 1.29 is 9.84 Å². The van der Waals surface area contributed by atoms with Gasteiger partial charge in [0.25, 0.3) is 0 Å². The van der Waals surface area contributed by atoms with Crippen molar-refractivity contribution in [2.45, 2.75) is 19.8 Å². The zero-order valence-electron chi connectivity index (χ0n) is 7.53. The molecule has 0 aliphatic carbocycles. The predicted molar refractivity (Wildman–Crippen MR) is 46.5 cm³/mol. The van der Waals surface area contributed by atoms with Gasteiger partial charge in [-0.3, -0.25) is 4.98 Å². The highest BCUT2D eigenvalue weighted by molar-refractivity contribution is 5.35. The molecule has 1 aromatic heterocycles. The SMILES string of the molecule is COc1cnc(C(C)C)c(O)c1. The van der Waals surface area contributed by atoms with Gasteiger partial charge in [-0.2, -0.15) is 0 Å². The summed E-state index contributed by atoms with van der Waals surface area (Å²) in [7, 11) is 1.55. The Morgan fingerprint density at radius 3 is 2.58 bits per heavy atom. The molecular weight excluding hydrogens is 154 g/mol. The molecule has 0 amide bonds. The van der Waals surface area contributed by atoms with Crippen LogP contribution in [-0.2, 0) is 0 Å². The first-order chi connectivity index (χ1) is 5.65. The molecule has 0 saturated carbocycles. The topological polar surface area (TPSA) is 42.4 Å². The number of hydrogen-bond acceptors (Lipinski definition) is 3. The summed E-state index contributed by atoms with van der Waals surface area (Å²) in [6, 6.07) is 1.57. The fraction of sp³-hybridized carbons (Fsp3) is 0.444. The Bertz CT molecular complexity index is 271. The highest BCUT2D eigenvalue weighted by atomic mass is 16.5. The first kappa shape index (κ1) is 8.84. The smallest absolute Gasteiger partial charge is 0.141 e. The van der Waals surface area contributed by atoms with Crippen LogP contribution in [0.15, 0.2) is 12.3 Å². The van der Waals surface area contributed by atoms with E-state index in [2.05, 4.69) is 4.98 Å². The first-order valence-electron chi connectivity index (χ1n) is 3.88. The molecule has 1 N–H and O–H groups in total. The molecule has 0 radical (unpaired) electrons. The van der Waals surface area contributed by atoms with Gasteiger partial charge in [-0.15, -0.1) is 0 Å². The molecule has 0 aliphatic heterocycles. The summed E-state index contributed by atoms with van der Waals surface area (Å²) in [6.07, 6.45) is 1.61. The molecule has 1 aromatic rings. The van der Waals surface area contributed by atoms with Crippen molar-refractivity contribution in [3.63, 3.8) is 0 Å². The number of hydrogen-bond donors (Lipinski definition) is 1. The van der Waals surface area contributed by atoms with Gasteiger partial charge in [0, 0.05) is 6.07 Å². The Balaban J connectivity index is 3.03. The van der Waals surface area contributed by atoms with Crippen LogP contribution in [0.4, 0.5) is 0 Å². The summed E-state index contributed by atoms with van der Waals surface area (Å²) in [5.74, 6) is 1.01. The summed E-state index contributed by atoms with van der Waals surface area (Å²) in [4.78, 5) is 4.07. The molecule has 1 heterocycles. The lowest BCUT2D eigenvalue weighted by Gasteiger charge is -2.07. The number of ether oxygens (including phenoxy) is 1. The Hall–Kier alpha value is -1.25. The molecule has 12 heavy (non-hydrogen) atoms. The summed E-state index contributed by atoms with van der Waals surface area (Å²) >= 11 is 0. The lowest BCUT2D eigenvalue weighted by Crippen LogP contribution is -1.93. The second-order valence-corrected chi connectivity index (χ2v) is 2.93. The van der Waals surface area contributed by atoms with E-state index in [0.717, 1.165) is 0 Å². The number of methoxy groups -OCH3 is 1. The van der Waals surface area contributed by atoms with Gasteiger partial charge in [0.05, 0.1) is 19.0 Å². The van der Waals surface area contributed by atoms with Crippen molar-refractivity contribution in [3.05, 3.63) is 18.0 Å². The number of rotatable bonds is 2. The van der Waals surface area contributed by atoms with Crippen molar-refractivity contribution in [1.29, 1.82) is 0 Å². The molecule has 0 aromatic carbocycles. The van der Waals surface area contributed by atoms with Gasteiger partial charge < -0.3 is 9.84 Å². The maximum atomic E-state index is 9.45. The van der Waals surface area contributed by atoms with Crippen molar-refractivity contribution >= 4 is 0 Å². The van der Waals surface area contributed by atoms with Gasteiger partial charge in [0.2, 0.25) is 0 Å². The van der Waals surface area contributed by atoms with Gasteiger partial charge in [-0.25, -0.2) is 0 Å². The van der Waals surface area contributed by atoms with Gasteiger partial charge in [0.1, 0.15) is 11.5 Å². The quantitative estimate of drug-likeness (QED) is 0.731. The van der Waals surface area contributed by atoms with Crippen LogP contribution in [0.25, 0.3) is 0 Å². The molecule has 0 fully saturated rings. The van der Waals surface area contributed by atoms with E-state index in [0.29, 0.717) is 11.4 Å². The third-order valence-electron chi connectivity index (χ3n) is 1.65. The van der Waals surface area contributed by atoms with E-state index < -0.39 is 0 Å². The summed E-state index contributed by atoms with van der Waals surface area (Å²) in [5, 5.41) is 9.45. The minimum atomic E-state index is 0.198. The summed E-state index contributed by atoms with van der Waals surface area (Å²) < 4.78 is 4.91. The van der Waals surface area contributed by atoms with Crippen LogP contribution >= 0.6 is 0 Å². The molecule has 1 rings (SSSR count). The largest absolute Gasteiger partial charge is 0.506 e. The Kier molecular flexibility index (Phi) is 2.53. The number of aromatic hydroxyl groups is 1. The summed E-state index contributed by atoms with van der Waals surface area (Å²) in [6.45, 7) is 3.96. The van der Waals surface area contributed by atoms with E-state index >= 15 is 0 Å². The first-order valence-corrected chi connectivity index (χ1v) is 3.88. The van der Waals surface area contributed by atoms with Crippen LogP contribution in [-0.4, -0.2) is 17.2 Å². The zero-order valence-corrected chi connectivity index (χ0v) is 7.53. The van der Waals surface area contributed by atoms with Crippen LogP contribution in [0.5, 0.6) is 11.5 Å². The number of pyridine rings is 1. The van der Waals surface area contributed by atoms with E-state index in [4.69, 9.17) is 4.74 Å². The van der Waals surface area contributed by atoms with Crippen LogP contribution in [0.3, 0.4) is 0 Å². The minimum Gasteiger partial charge on any atom is -0.506 e. The molecule has 3 nitrogen and oxygen atoms in total. The Labute approximate surface area is 72.0 Å². The Morgan fingerprint density at radius 2 is 2.17 bits per heavy atom. The van der Waals surface area contributed by atoms with Gasteiger partial charge in [-0.1, -0.05) is 13.8 Å². The molecule has 0 saturated heterocycles. The average Bonchev–Trinajstić information content (AvgIpc) is 2.03. The molecule has 0 aliphatic rings. The van der Waals surface area contributed by atoms with Gasteiger partial charge in [0.15, 0.2) is 0 Å². The monoisotopic (exact) mass is 167 g/mol. The molecule has 0 bridgehead atoms. The fourth-order valence-electron chi connectivity index (χ4n) is 1.00. The van der Waals surface area contributed by atoms with Crippen LogP contribution in [0, 0.1) is 0 Å². The van der Waals surface area contributed by atoms with E-state index in [1.165, 1.54) is 0 Å². The fourth-order valence-corrected chi connectivity index (χ4v) is 1.00. The molecule has 66 valence electrons. The van der Waals surface area contributed by atoms with Crippen LogP contribution in [0.2, 0.25) is 0 Å².